The predicted molar refractivity (Wildman–Crippen MR) is 65.3 cm³/mol. The summed E-state index contributed by atoms with van der Waals surface area (Å²) in [5, 5.41) is 9.83. The lowest BCUT2D eigenvalue weighted by atomic mass is 9.91. The monoisotopic (exact) mass is 206 g/mol. The molecule has 1 aromatic rings. The molecule has 1 rings (SSSR count). The fourth-order valence-corrected chi connectivity index (χ4v) is 1.71. The minimum atomic E-state index is -0.625. The second kappa shape index (κ2) is 4.36. The van der Waals surface area contributed by atoms with E-state index >= 15 is 0 Å². The molecule has 0 aliphatic rings. The Kier molecular flexibility index (Phi) is 3.56. The molecular weight excluding hydrogens is 184 g/mol. The Hall–Kier alpha value is -0.820. The average Bonchev–Trinajstić information content (AvgIpc) is 2.06. The van der Waals surface area contributed by atoms with Gasteiger partial charge in [0.25, 0.3) is 0 Å². The molecule has 0 heterocycles. The van der Waals surface area contributed by atoms with Gasteiger partial charge in [0.1, 0.15) is 0 Å². The Morgan fingerprint density at radius 3 is 2.33 bits per heavy atom. The fraction of sp³-hybridized carbons (Fsp3) is 0.571. The summed E-state index contributed by atoms with van der Waals surface area (Å²) in [7, 11) is 0. The maximum atomic E-state index is 9.83. The largest absolute Gasteiger partial charge is 0.390 e. The zero-order valence-electron chi connectivity index (χ0n) is 10.5. The van der Waals surface area contributed by atoms with Gasteiger partial charge >= 0.3 is 0 Å². The molecule has 0 radical (unpaired) electrons. The molecule has 1 N–H and O–H groups in total. The maximum absolute atomic E-state index is 9.83. The molecule has 84 valence electrons. The van der Waals surface area contributed by atoms with Crippen LogP contribution in [0.2, 0.25) is 0 Å². The van der Waals surface area contributed by atoms with Crippen molar-refractivity contribution in [2.24, 2.45) is 0 Å². The smallest absolute Gasteiger partial charge is 0.0632 e. The van der Waals surface area contributed by atoms with Crippen LogP contribution in [-0.4, -0.2) is 10.7 Å². The van der Waals surface area contributed by atoms with Crippen LogP contribution in [-0.2, 0) is 6.42 Å². The van der Waals surface area contributed by atoms with Crippen LogP contribution in [0.5, 0.6) is 0 Å². The molecule has 0 bridgehead atoms. The summed E-state index contributed by atoms with van der Waals surface area (Å²) in [4.78, 5) is 0. The molecule has 0 amide bonds. The summed E-state index contributed by atoms with van der Waals surface area (Å²) in [6, 6.07) is 6.54. The van der Waals surface area contributed by atoms with E-state index in [1.807, 2.05) is 13.8 Å². The van der Waals surface area contributed by atoms with Crippen molar-refractivity contribution in [3.8, 4) is 0 Å². The number of rotatable bonds is 3. The van der Waals surface area contributed by atoms with Crippen LogP contribution in [0.3, 0.4) is 0 Å². The van der Waals surface area contributed by atoms with E-state index in [2.05, 4.69) is 39.0 Å². The Morgan fingerprint density at radius 2 is 1.87 bits per heavy atom. The molecule has 0 spiro atoms. The summed E-state index contributed by atoms with van der Waals surface area (Å²) in [5.74, 6) is 0.547. The number of aryl methyl sites for hydroxylation is 1. The lowest BCUT2D eigenvalue weighted by molar-refractivity contribution is 0.0808. The Morgan fingerprint density at radius 1 is 1.27 bits per heavy atom. The number of hydrogen-bond acceptors (Lipinski definition) is 1. The SMILES string of the molecule is Cc1ccc(C(C)C)cc1CC(C)(C)O. The standard InChI is InChI=1S/C14H22O/c1-10(2)12-7-6-11(3)13(8-12)9-14(4,5)15/h6-8,10,15H,9H2,1-5H3. The van der Waals surface area contributed by atoms with Gasteiger partial charge in [-0.3, -0.25) is 0 Å². The Labute approximate surface area is 93.1 Å². The van der Waals surface area contributed by atoms with E-state index in [-0.39, 0.29) is 0 Å². The van der Waals surface area contributed by atoms with Crippen LogP contribution in [0.25, 0.3) is 0 Å². The lowest BCUT2D eigenvalue weighted by Crippen LogP contribution is -2.22. The maximum Gasteiger partial charge on any atom is 0.0632 e. The first-order chi connectivity index (χ1) is 6.79. The molecule has 0 unspecified atom stereocenters. The summed E-state index contributed by atoms with van der Waals surface area (Å²) < 4.78 is 0. The molecule has 0 aromatic heterocycles. The first-order valence-electron chi connectivity index (χ1n) is 5.61. The van der Waals surface area contributed by atoms with Gasteiger partial charge in [-0.1, -0.05) is 32.0 Å². The quantitative estimate of drug-likeness (QED) is 0.803. The topological polar surface area (TPSA) is 20.2 Å². The molecule has 0 atom stereocenters. The van der Waals surface area contributed by atoms with Gasteiger partial charge in [0, 0.05) is 6.42 Å². The number of benzene rings is 1. The lowest BCUT2D eigenvalue weighted by Gasteiger charge is -2.19. The van der Waals surface area contributed by atoms with Crippen molar-refractivity contribution in [1.82, 2.24) is 0 Å². The highest BCUT2D eigenvalue weighted by Crippen LogP contribution is 2.22. The van der Waals surface area contributed by atoms with Gasteiger partial charge in [-0.15, -0.1) is 0 Å². The third-order valence-corrected chi connectivity index (χ3v) is 2.66. The van der Waals surface area contributed by atoms with Crippen LogP contribution in [0.4, 0.5) is 0 Å². The summed E-state index contributed by atoms with van der Waals surface area (Å²) in [6.07, 6.45) is 0.722. The molecule has 0 aliphatic heterocycles. The molecule has 1 heteroatoms. The van der Waals surface area contributed by atoms with E-state index < -0.39 is 5.60 Å². The van der Waals surface area contributed by atoms with Crippen LogP contribution in [0.15, 0.2) is 18.2 Å². The highest BCUT2D eigenvalue weighted by molar-refractivity contribution is 5.33. The van der Waals surface area contributed by atoms with E-state index in [4.69, 9.17) is 0 Å². The molecule has 0 aliphatic carbocycles. The van der Waals surface area contributed by atoms with Crippen molar-refractivity contribution < 1.29 is 5.11 Å². The van der Waals surface area contributed by atoms with Crippen molar-refractivity contribution >= 4 is 0 Å². The third kappa shape index (κ3) is 3.67. The molecule has 15 heavy (non-hydrogen) atoms. The van der Waals surface area contributed by atoms with Gasteiger partial charge < -0.3 is 5.11 Å². The normalized spacial score (nSPS) is 12.2. The zero-order chi connectivity index (χ0) is 11.6. The minimum Gasteiger partial charge on any atom is -0.390 e. The highest BCUT2D eigenvalue weighted by atomic mass is 16.3. The van der Waals surface area contributed by atoms with E-state index in [1.54, 1.807) is 0 Å². The van der Waals surface area contributed by atoms with Crippen LogP contribution < -0.4 is 0 Å². The van der Waals surface area contributed by atoms with Crippen molar-refractivity contribution in [2.45, 2.75) is 52.6 Å². The van der Waals surface area contributed by atoms with E-state index in [9.17, 15) is 5.11 Å². The molecule has 0 saturated carbocycles. The average molecular weight is 206 g/mol. The summed E-state index contributed by atoms with van der Waals surface area (Å²) in [6.45, 7) is 10.2. The first-order valence-corrected chi connectivity index (χ1v) is 5.61. The molecule has 1 aromatic carbocycles. The summed E-state index contributed by atoms with van der Waals surface area (Å²) in [5.41, 5.74) is 3.25. The van der Waals surface area contributed by atoms with E-state index in [0.29, 0.717) is 5.92 Å². The van der Waals surface area contributed by atoms with Gasteiger partial charge in [0.15, 0.2) is 0 Å². The third-order valence-electron chi connectivity index (χ3n) is 2.66. The van der Waals surface area contributed by atoms with Gasteiger partial charge in [0.2, 0.25) is 0 Å². The van der Waals surface area contributed by atoms with E-state index in [0.717, 1.165) is 6.42 Å². The molecular formula is C14H22O. The van der Waals surface area contributed by atoms with Crippen molar-refractivity contribution in [1.29, 1.82) is 0 Å². The minimum absolute atomic E-state index is 0.547. The van der Waals surface area contributed by atoms with Gasteiger partial charge in [-0.05, 0) is 43.4 Å². The van der Waals surface area contributed by atoms with Crippen LogP contribution in [0, 0.1) is 6.92 Å². The van der Waals surface area contributed by atoms with Crippen LogP contribution in [0.1, 0.15) is 50.3 Å². The second-order valence-electron chi connectivity index (χ2n) is 5.33. The number of aliphatic hydroxyl groups is 1. The summed E-state index contributed by atoms with van der Waals surface area (Å²) >= 11 is 0. The van der Waals surface area contributed by atoms with E-state index in [1.165, 1.54) is 16.7 Å². The highest BCUT2D eigenvalue weighted by Gasteiger charge is 2.15. The Bertz CT molecular complexity index is 332. The van der Waals surface area contributed by atoms with Crippen molar-refractivity contribution in [3.63, 3.8) is 0 Å². The van der Waals surface area contributed by atoms with Crippen molar-refractivity contribution in [3.05, 3.63) is 34.9 Å². The predicted octanol–water partition coefficient (Wildman–Crippen LogP) is 3.43. The Balaban J connectivity index is 3.01. The van der Waals surface area contributed by atoms with Gasteiger partial charge in [0.05, 0.1) is 5.60 Å². The molecule has 0 fully saturated rings. The second-order valence-corrected chi connectivity index (χ2v) is 5.33. The fourth-order valence-electron chi connectivity index (χ4n) is 1.71. The molecule has 1 nitrogen and oxygen atoms in total. The zero-order valence-corrected chi connectivity index (χ0v) is 10.5. The van der Waals surface area contributed by atoms with Gasteiger partial charge in [-0.25, -0.2) is 0 Å². The van der Waals surface area contributed by atoms with Gasteiger partial charge in [-0.2, -0.15) is 0 Å². The van der Waals surface area contributed by atoms with Crippen molar-refractivity contribution in [2.75, 3.05) is 0 Å². The molecule has 0 saturated heterocycles. The number of hydrogen-bond donors (Lipinski definition) is 1. The van der Waals surface area contributed by atoms with Crippen LogP contribution >= 0.6 is 0 Å². The first kappa shape index (κ1) is 12.3.